The van der Waals surface area contributed by atoms with Crippen LogP contribution in [0.1, 0.15) is 42.2 Å². The fourth-order valence-electron chi connectivity index (χ4n) is 2.62. The summed E-state index contributed by atoms with van der Waals surface area (Å²) in [5.41, 5.74) is 1.65. The van der Waals surface area contributed by atoms with E-state index in [1.165, 1.54) is 12.1 Å². The van der Waals surface area contributed by atoms with Gasteiger partial charge in [-0.1, -0.05) is 55.8 Å². The van der Waals surface area contributed by atoms with Gasteiger partial charge in [-0.2, -0.15) is 0 Å². The second-order valence-electron chi connectivity index (χ2n) is 6.64. The Hall–Kier alpha value is -2.05. The molecule has 0 heterocycles. The highest BCUT2D eigenvalue weighted by atomic mass is 35.5. The fourth-order valence-corrected chi connectivity index (χ4v) is 3.48. The molecule has 7 heteroatoms. The SMILES string of the molecule is CC(C)C[C@@H](NC(=O)c1ccc(NS(C)(=O)=O)c(Cl)c1)c1ccccc1. The Morgan fingerprint density at radius 3 is 2.31 bits per heavy atom. The number of hydrogen-bond donors (Lipinski definition) is 2. The van der Waals surface area contributed by atoms with E-state index in [1.54, 1.807) is 6.07 Å². The monoisotopic (exact) mass is 394 g/mol. The summed E-state index contributed by atoms with van der Waals surface area (Å²) >= 11 is 6.11. The molecule has 0 saturated heterocycles. The molecule has 0 bridgehead atoms. The molecular weight excluding hydrogens is 372 g/mol. The maximum absolute atomic E-state index is 12.7. The molecule has 0 fully saturated rings. The second-order valence-corrected chi connectivity index (χ2v) is 8.79. The quantitative estimate of drug-likeness (QED) is 0.737. The van der Waals surface area contributed by atoms with E-state index in [9.17, 15) is 13.2 Å². The van der Waals surface area contributed by atoms with E-state index < -0.39 is 10.0 Å². The Labute approximate surface area is 159 Å². The van der Waals surface area contributed by atoms with Crippen molar-refractivity contribution >= 4 is 33.2 Å². The minimum Gasteiger partial charge on any atom is -0.345 e. The van der Waals surface area contributed by atoms with Crippen LogP contribution < -0.4 is 10.0 Å². The van der Waals surface area contributed by atoms with E-state index in [2.05, 4.69) is 23.9 Å². The predicted molar refractivity (Wildman–Crippen MR) is 106 cm³/mol. The molecule has 140 valence electrons. The summed E-state index contributed by atoms with van der Waals surface area (Å²) in [7, 11) is -3.44. The van der Waals surface area contributed by atoms with Gasteiger partial charge >= 0.3 is 0 Å². The maximum atomic E-state index is 12.7. The Kier molecular flexibility index (Phi) is 6.67. The highest BCUT2D eigenvalue weighted by Crippen LogP contribution is 2.25. The molecule has 0 saturated carbocycles. The van der Waals surface area contributed by atoms with Gasteiger partial charge in [0.25, 0.3) is 5.91 Å². The molecule has 2 N–H and O–H groups in total. The third-order valence-electron chi connectivity index (χ3n) is 3.74. The van der Waals surface area contributed by atoms with Gasteiger partial charge < -0.3 is 5.32 Å². The Bertz CT molecular complexity index is 868. The smallest absolute Gasteiger partial charge is 0.251 e. The molecule has 0 aliphatic rings. The third kappa shape index (κ3) is 6.04. The summed E-state index contributed by atoms with van der Waals surface area (Å²) in [5, 5.41) is 3.21. The van der Waals surface area contributed by atoms with Gasteiger partial charge in [0, 0.05) is 5.56 Å². The lowest BCUT2D eigenvalue weighted by Crippen LogP contribution is -2.29. The van der Waals surface area contributed by atoms with Crippen LogP contribution in [0.3, 0.4) is 0 Å². The summed E-state index contributed by atoms with van der Waals surface area (Å²) in [4.78, 5) is 12.7. The van der Waals surface area contributed by atoms with Crippen molar-refractivity contribution in [3.05, 3.63) is 64.7 Å². The van der Waals surface area contributed by atoms with Crippen molar-refractivity contribution in [2.75, 3.05) is 11.0 Å². The van der Waals surface area contributed by atoms with Crippen molar-refractivity contribution in [3.8, 4) is 0 Å². The number of halogens is 1. The number of carbonyl (C=O) groups excluding carboxylic acids is 1. The van der Waals surface area contributed by atoms with E-state index in [0.717, 1.165) is 18.2 Å². The highest BCUT2D eigenvalue weighted by molar-refractivity contribution is 7.92. The Balaban J connectivity index is 2.20. The van der Waals surface area contributed by atoms with Gasteiger partial charge in [0.05, 0.1) is 23.0 Å². The first-order valence-electron chi connectivity index (χ1n) is 8.29. The van der Waals surface area contributed by atoms with Crippen molar-refractivity contribution < 1.29 is 13.2 Å². The molecule has 0 aliphatic carbocycles. The summed E-state index contributed by atoms with van der Waals surface area (Å²) < 4.78 is 25.0. The minimum atomic E-state index is -3.44. The van der Waals surface area contributed by atoms with Gasteiger partial charge in [0.2, 0.25) is 10.0 Å². The van der Waals surface area contributed by atoms with Crippen molar-refractivity contribution in [2.45, 2.75) is 26.3 Å². The molecule has 0 aromatic heterocycles. The van der Waals surface area contributed by atoms with E-state index in [1.807, 2.05) is 30.3 Å². The van der Waals surface area contributed by atoms with Crippen LogP contribution in [0.25, 0.3) is 0 Å². The highest BCUT2D eigenvalue weighted by Gasteiger charge is 2.18. The van der Waals surface area contributed by atoms with Gasteiger partial charge in [0.1, 0.15) is 0 Å². The topological polar surface area (TPSA) is 75.3 Å². The average molecular weight is 395 g/mol. The van der Waals surface area contributed by atoms with Crippen LogP contribution in [0.2, 0.25) is 5.02 Å². The lowest BCUT2D eigenvalue weighted by molar-refractivity contribution is 0.0932. The van der Waals surface area contributed by atoms with Crippen LogP contribution in [0, 0.1) is 5.92 Å². The maximum Gasteiger partial charge on any atom is 0.251 e. The molecule has 5 nitrogen and oxygen atoms in total. The largest absolute Gasteiger partial charge is 0.345 e. The molecule has 1 amide bonds. The zero-order chi connectivity index (χ0) is 19.3. The summed E-state index contributed by atoms with van der Waals surface area (Å²) in [6.45, 7) is 4.20. The number of nitrogens with one attached hydrogen (secondary N) is 2. The first kappa shape index (κ1) is 20.3. The van der Waals surface area contributed by atoms with Gasteiger partial charge in [-0.05, 0) is 36.1 Å². The lowest BCUT2D eigenvalue weighted by Gasteiger charge is -2.21. The standard InChI is InChI=1S/C19H23ClN2O3S/c1-13(2)11-18(14-7-5-4-6-8-14)21-19(23)15-9-10-17(16(20)12-15)22-26(3,24)25/h4-10,12-13,18,22H,11H2,1-3H3,(H,21,23)/t18-/m1/s1. The number of hydrogen-bond acceptors (Lipinski definition) is 3. The van der Waals surface area contributed by atoms with Crippen LogP contribution in [0.15, 0.2) is 48.5 Å². The Morgan fingerprint density at radius 2 is 1.77 bits per heavy atom. The molecule has 2 rings (SSSR count). The molecule has 1 atom stereocenters. The summed E-state index contributed by atoms with van der Waals surface area (Å²) in [6, 6.07) is 14.2. The normalized spacial score (nSPS) is 12.7. The number of benzene rings is 2. The van der Waals surface area contributed by atoms with E-state index in [0.29, 0.717) is 11.5 Å². The van der Waals surface area contributed by atoms with Crippen molar-refractivity contribution in [3.63, 3.8) is 0 Å². The zero-order valence-corrected chi connectivity index (χ0v) is 16.6. The van der Waals surface area contributed by atoms with Crippen LogP contribution in [-0.2, 0) is 10.0 Å². The van der Waals surface area contributed by atoms with Crippen LogP contribution in [-0.4, -0.2) is 20.6 Å². The first-order valence-corrected chi connectivity index (χ1v) is 10.6. The van der Waals surface area contributed by atoms with Crippen LogP contribution >= 0.6 is 11.6 Å². The van der Waals surface area contributed by atoms with Crippen LogP contribution in [0.5, 0.6) is 0 Å². The second kappa shape index (κ2) is 8.56. The van der Waals surface area contributed by atoms with Gasteiger partial charge in [-0.15, -0.1) is 0 Å². The number of anilines is 1. The molecule has 26 heavy (non-hydrogen) atoms. The van der Waals surface area contributed by atoms with Crippen molar-refractivity contribution in [1.82, 2.24) is 5.32 Å². The predicted octanol–water partition coefficient (Wildman–Crippen LogP) is 4.23. The Morgan fingerprint density at radius 1 is 1.12 bits per heavy atom. The van der Waals surface area contributed by atoms with Gasteiger partial charge in [-0.3, -0.25) is 9.52 Å². The fraction of sp³-hybridized carbons (Fsp3) is 0.316. The number of sulfonamides is 1. The molecule has 2 aromatic carbocycles. The van der Waals surface area contributed by atoms with E-state index >= 15 is 0 Å². The molecule has 0 radical (unpaired) electrons. The number of amides is 1. The zero-order valence-electron chi connectivity index (χ0n) is 15.0. The van der Waals surface area contributed by atoms with Gasteiger partial charge in [-0.25, -0.2) is 8.42 Å². The first-order chi connectivity index (χ1) is 12.2. The lowest BCUT2D eigenvalue weighted by atomic mass is 9.96. The van der Waals surface area contributed by atoms with Crippen molar-refractivity contribution in [2.24, 2.45) is 5.92 Å². The van der Waals surface area contributed by atoms with E-state index in [-0.39, 0.29) is 22.7 Å². The summed E-state index contributed by atoms with van der Waals surface area (Å²) in [5.74, 6) is 0.151. The molecule has 0 spiro atoms. The minimum absolute atomic E-state index is 0.115. The summed E-state index contributed by atoms with van der Waals surface area (Å²) in [6.07, 6.45) is 1.84. The van der Waals surface area contributed by atoms with Crippen molar-refractivity contribution in [1.29, 1.82) is 0 Å². The molecule has 0 unspecified atom stereocenters. The molecule has 0 aliphatic heterocycles. The molecular formula is C19H23ClN2O3S. The number of rotatable bonds is 7. The van der Waals surface area contributed by atoms with Gasteiger partial charge in [0.15, 0.2) is 0 Å². The van der Waals surface area contributed by atoms with Crippen LogP contribution in [0.4, 0.5) is 5.69 Å². The van der Waals surface area contributed by atoms with E-state index in [4.69, 9.17) is 11.6 Å². The molecule has 2 aromatic rings. The number of carbonyl (C=O) groups is 1. The average Bonchev–Trinajstić information content (AvgIpc) is 2.55. The third-order valence-corrected chi connectivity index (χ3v) is 4.64.